The maximum Gasteiger partial charge on any atom is 0.124 e. The minimum Gasteiger partial charge on any atom is -0.310 e. The number of anilines is 6. The number of hydrogen-bond acceptors (Lipinski definition) is 7. The van der Waals surface area contributed by atoms with E-state index in [1.807, 2.05) is 72.0 Å². The number of nitriles is 2. The van der Waals surface area contributed by atoms with Crippen LogP contribution in [0.25, 0.3) is 62.5 Å². The standard InChI is InChI=1S/C53H31N5S2/c54-32-34-9-17-39(18-10-34)57(41-21-15-36(16-22-41)53-56-49-6-2-4-8-52(49)60-53)42-23-26-45-37(29-42)13-14-38-30-43(24-27-46(38)45)58(40-19-11-35(33-55)12-20-40)44-25-28-51-48(31-44)47-5-1-3-7-50(47)59-51/h1-31H. The van der Waals surface area contributed by atoms with Crippen molar-refractivity contribution in [3.8, 4) is 22.7 Å². The Balaban J connectivity index is 0.990. The van der Waals surface area contributed by atoms with E-state index < -0.39 is 0 Å². The predicted octanol–water partition coefficient (Wildman–Crippen LogP) is 15.3. The van der Waals surface area contributed by atoms with E-state index in [0.29, 0.717) is 11.1 Å². The lowest BCUT2D eigenvalue weighted by atomic mass is 9.99. The minimum absolute atomic E-state index is 0.618. The Bertz CT molecular complexity index is 3480. The van der Waals surface area contributed by atoms with Crippen LogP contribution in [0.15, 0.2) is 188 Å². The van der Waals surface area contributed by atoms with E-state index in [1.165, 1.54) is 24.9 Å². The number of nitrogens with zero attached hydrogens (tertiary/aromatic N) is 5. The van der Waals surface area contributed by atoms with Gasteiger partial charge in [-0.1, -0.05) is 54.6 Å². The average Bonchev–Trinajstić information content (AvgIpc) is 3.92. The summed E-state index contributed by atoms with van der Waals surface area (Å²) in [5.41, 5.74) is 9.37. The van der Waals surface area contributed by atoms with Crippen LogP contribution >= 0.6 is 22.7 Å². The van der Waals surface area contributed by atoms with Crippen LogP contribution < -0.4 is 9.80 Å². The molecule has 2 heterocycles. The number of fused-ring (bicyclic) bond motifs is 7. The molecule has 0 spiro atoms. The van der Waals surface area contributed by atoms with Crippen LogP contribution in [0.2, 0.25) is 0 Å². The highest BCUT2D eigenvalue weighted by Gasteiger charge is 2.18. The van der Waals surface area contributed by atoms with Crippen molar-refractivity contribution in [2.75, 3.05) is 9.80 Å². The zero-order chi connectivity index (χ0) is 40.2. The zero-order valence-electron chi connectivity index (χ0n) is 32.0. The molecule has 0 saturated heterocycles. The lowest BCUT2D eigenvalue weighted by molar-refractivity contribution is 1.28. The highest BCUT2D eigenvalue weighted by Crippen LogP contribution is 2.43. The van der Waals surface area contributed by atoms with Crippen LogP contribution in [0, 0.1) is 22.7 Å². The first-order chi connectivity index (χ1) is 29.6. The molecule has 9 aromatic carbocycles. The smallest absolute Gasteiger partial charge is 0.124 e. The van der Waals surface area contributed by atoms with Crippen molar-refractivity contribution >= 4 is 109 Å². The number of thiophene rings is 1. The molecule has 11 aromatic rings. The van der Waals surface area contributed by atoms with Gasteiger partial charge in [0.25, 0.3) is 0 Å². The van der Waals surface area contributed by atoms with Crippen molar-refractivity contribution in [1.82, 2.24) is 4.98 Å². The second-order valence-corrected chi connectivity index (χ2v) is 16.8. The zero-order valence-corrected chi connectivity index (χ0v) is 33.6. The first kappa shape index (κ1) is 35.4. The second-order valence-electron chi connectivity index (χ2n) is 14.7. The largest absolute Gasteiger partial charge is 0.310 e. The molecule has 5 nitrogen and oxygen atoms in total. The molecule has 0 aliphatic carbocycles. The van der Waals surface area contributed by atoms with Crippen LogP contribution in [-0.2, 0) is 0 Å². The van der Waals surface area contributed by atoms with E-state index in [1.54, 1.807) is 11.3 Å². The molecule has 2 aromatic heterocycles. The van der Waals surface area contributed by atoms with Gasteiger partial charge in [0, 0.05) is 59.9 Å². The van der Waals surface area contributed by atoms with Gasteiger partial charge in [-0.05, 0) is 155 Å². The Morgan fingerprint density at radius 3 is 1.47 bits per heavy atom. The Morgan fingerprint density at radius 1 is 0.383 bits per heavy atom. The van der Waals surface area contributed by atoms with Crippen molar-refractivity contribution in [1.29, 1.82) is 10.5 Å². The fourth-order valence-corrected chi connectivity index (χ4v) is 10.2. The van der Waals surface area contributed by atoms with Gasteiger partial charge in [-0.15, -0.1) is 22.7 Å². The maximum atomic E-state index is 9.58. The van der Waals surface area contributed by atoms with E-state index in [-0.39, 0.29) is 0 Å². The predicted molar refractivity (Wildman–Crippen MR) is 252 cm³/mol. The number of para-hydroxylation sites is 1. The van der Waals surface area contributed by atoms with Gasteiger partial charge in [0.2, 0.25) is 0 Å². The SMILES string of the molecule is N#Cc1ccc(N(c2ccc(-c3nc4ccccc4s3)cc2)c2ccc3c(ccc4cc(N(c5ccc(C#N)cc5)c5ccc6sc7ccccc7c6c5)ccc43)c2)cc1. The van der Waals surface area contributed by atoms with Crippen LogP contribution in [0.1, 0.15) is 11.1 Å². The third kappa shape index (κ3) is 6.18. The molecule has 0 unspecified atom stereocenters. The first-order valence-electron chi connectivity index (χ1n) is 19.5. The van der Waals surface area contributed by atoms with E-state index in [2.05, 4.69) is 149 Å². The van der Waals surface area contributed by atoms with Gasteiger partial charge < -0.3 is 9.80 Å². The molecule has 0 bridgehead atoms. The number of benzene rings is 9. The van der Waals surface area contributed by atoms with Gasteiger partial charge in [0.15, 0.2) is 0 Å². The van der Waals surface area contributed by atoms with Crippen molar-refractivity contribution in [2.24, 2.45) is 0 Å². The van der Waals surface area contributed by atoms with Gasteiger partial charge in [0.1, 0.15) is 5.01 Å². The number of aromatic nitrogens is 1. The van der Waals surface area contributed by atoms with Crippen molar-refractivity contribution < 1.29 is 0 Å². The Labute approximate surface area is 354 Å². The maximum absolute atomic E-state index is 9.58. The second kappa shape index (κ2) is 14.5. The van der Waals surface area contributed by atoms with E-state index in [0.717, 1.165) is 71.8 Å². The van der Waals surface area contributed by atoms with E-state index in [9.17, 15) is 10.5 Å². The van der Waals surface area contributed by atoms with Gasteiger partial charge in [0.05, 0.1) is 33.5 Å². The molecule has 11 rings (SSSR count). The lowest BCUT2D eigenvalue weighted by Gasteiger charge is -2.27. The molecule has 0 amide bonds. The average molecular weight is 802 g/mol. The van der Waals surface area contributed by atoms with Crippen molar-refractivity contribution in [3.05, 3.63) is 199 Å². The summed E-state index contributed by atoms with van der Waals surface area (Å²) in [6.07, 6.45) is 0. The molecular weight excluding hydrogens is 771 g/mol. The molecule has 0 atom stereocenters. The third-order valence-electron chi connectivity index (χ3n) is 11.1. The summed E-state index contributed by atoms with van der Waals surface area (Å²) in [4.78, 5) is 9.39. The normalized spacial score (nSPS) is 11.3. The summed E-state index contributed by atoms with van der Waals surface area (Å²) in [6, 6.07) is 69.9. The monoisotopic (exact) mass is 801 g/mol. The summed E-state index contributed by atoms with van der Waals surface area (Å²) < 4.78 is 3.70. The van der Waals surface area contributed by atoms with Gasteiger partial charge in [-0.25, -0.2) is 4.98 Å². The fourth-order valence-electron chi connectivity index (χ4n) is 8.19. The highest BCUT2D eigenvalue weighted by molar-refractivity contribution is 7.25. The third-order valence-corrected chi connectivity index (χ3v) is 13.4. The van der Waals surface area contributed by atoms with Crippen LogP contribution in [0.3, 0.4) is 0 Å². The summed E-state index contributed by atoms with van der Waals surface area (Å²) in [6.45, 7) is 0. The first-order valence-corrected chi connectivity index (χ1v) is 21.2. The van der Waals surface area contributed by atoms with Crippen LogP contribution in [-0.4, -0.2) is 4.98 Å². The fraction of sp³-hybridized carbons (Fsp3) is 0. The van der Waals surface area contributed by atoms with Crippen LogP contribution in [0.5, 0.6) is 0 Å². The Kier molecular flexibility index (Phi) is 8.57. The molecule has 7 heteroatoms. The van der Waals surface area contributed by atoms with Crippen LogP contribution in [0.4, 0.5) is 34.1 Å². The minimum atomic E-state index is 0.618. The summed E-state index contributed by atoms with van der Waals surface area (Å²) in [7, 11) is 0. The summed E-state index contributed by atoms with van der Waals surface area (Å²) >= 11 is 3.51. The Hall–Kier alpha value is -7.81. The van der Waals surface area contributed by atoms with Crippen molar-refractivity contribution in [3.63, 3.8) is 0 Å². The molecular formula is C53H31N5S2. The lowest BCUT2D eigenvalue weighted by Crippen LogP contribution is -2.10. The van der Waals surface area contributed by atoms with E-state index in [4.69, 9.17) is 4.98 Å². The molecule has 0 aliphatic heterocycles. The number of rotatable bonds is 7. The molecule has 280 valence electrons. The molecule has 0 radical (unpaired) electrons. The van der Waals surface area contributed by atoms with Gasteiger partial charge >= 0.3 is 0 Å². The van der Waals surface area contributed by atoms with Crippen molar-refractivity contribution in [2.45, 2.75) is 0 Å². The Morgan fingerprint density at radius 2 is 0.867 bits per heavy atom. The van der Waals surface area contributed by atoms with E-state index >= 15 is 0 Å². The molecule has 0 N–H and O–H groups in total. The molecule has 0 aliphatic rings. The molecule has 0 saturated carbocycles. The highest BCUT2D eigenvalue weighted by atomic mass is 32.1. The topological polar surface area (TPSA) is 67.0 Å². The van der Waals surface area contributed by atoms with Gasteiger partial charge in [-0.2, -0.15) is 10.5 Å². The summed E-state index contributed by atoms with van der Waals surface area (Å²) in [5.74, 6) is 0. The molecule has 60 heavy (non-hydrogen) atoms. The quantitative estimate of drug-likeness (QED) is 0.150. The summed E-state index contributed by atoms with van der Waals surface area (Å²) in [5, 5.41) is 27.2. The molecule has 0 fully saturated rings. The number of hydrogen-bond donors (Lipinski definition) is 0. The number of thiazole rings is 1. The van der Waals surface area contributed by atoms with Gasteiger partial charge in [-0.3, -0.25) is 0 Å².